The van der Waals surface area contributed by atoms with Crippen LogP contribution in [-0.2, 0) is 4.74 Å². The van der Waals surface area contributed by atoms with E-state index in [1.54, 1.807) is 12.4 Å². The maximum absolute atomic E-state index is 6.00. The summed E-state index contributed by atoms with van der Waals surface area (Å²) in [5.41, 5.74) is 6.95. The Balaban J connectivity index is 2.08. The number of aromatic nitrogens is 2. The van der Waals surface area contributed by atoms with E-state index in [2.05, 4.69) is 9.97 Å². The topological polar surface area (TPSA) is 61.0 Å². The first-order valence-electron chi connectivity index (χ1n) is 4.50. The van der Waals surface area contributed by atoms with Crippen molar-refractivity contribution in [2.24, 2.45) is 5.73 Å². The highest BCUT2D eigenvalue weighted by Gasteiger charge is 2.24. The van der Waals surface area contributed by atoms with Crippen molar-refractivity contribution in [2.45, 2.75) is 25.0 Å². The van der Waals surface area contributed by atoms with Gasteiger partial charge in [-0.25, -0.2) is 9.97 Å². The molecular formula is C9H13N3O. The maximum Gasteiger partial charge on any atom is 0.115 e. The average Bonchev–Trinajstić information content (AvgIpc) is 2.71. The third kappa shape index (κ3) is 1.84. The summed E-state index contributed by atoms with van der Waals surface area (Å²) < 4.78 is 5.49. The van der Waals surface area contributed by atoms with E-state index >= 15 is 0 Å². The van der Waals surface area contributed by atoms with E-state index in [0.717, 1.165) is 25.0 Å². The Kier molecular flexibility index (Phi) is 2.52. The molecule has 0 saturated carbocycles. The summed E-state index contributed by atoms with van der Waals surface area (Å²) in [7, 11) is 0. The Bertz CT molecular complexity index is 259. The zero-order chi connectivity index (χ0) is 9.10. The fourth-order valence-electron chi connectivity index (χ4n) is 1.58. The Hall–Kier alpha value is -1.00. The zero-order valence-electron chi connectivity index (χ0n) is 7.39. The predicted molar refractivity (Wildman–Crippen MR) is 47.9 cm³/mol. The average molecular weight is 179 g/mol. The third-order valence-corrected chi connectivity index (χ3v) is 2.33. The molecule has 2 heterocycles. The van der Waals surface area contributed by atoms with Gasteiger partial charge in [0.2, 0.25) is 0 Å². The van der Waals surface area contributed by atoms with Gasteiger partial charge < -0.3 is 10.5 Å². The SMILES string of the molecule is NC(c1cncnc1)C1CCCO1. The quantitative estimate of drug-likeness (QED) is 0.724. The van der Waals surface area contributed by atoms with Crippen LogP contribution in [0.15, 0.2) is 18.7 Å². The molecule has 2 N–H and O–H groups in total. The summed E-state index contributed by atoms with van der Waals surface area (Å²) in [5.74, 6) is 0. The minimum atomic E-state index is -0.0799. The molecule has 0 bridgehead atoms. The first-order valence-corrected chi connectivity index (χ1v) is 4.50. The number of nitrogens with zero attached hydrogens (tertiary/aromatic N) is 2. The second-order valence-electron chi connectivity index (χ2n) is 3.25. The molecule has 0 aliphatic carbocycles. The molecule has 1 saturated heterocycles. The van der Waals surface area contributed by atoms with Crippen LogP contribution in [-0.4, -0.2) is 22.7 Å². The van der Waals surface area contributed by atoms with Crippen molar-refractivity contribution in [1.29, 1.82) is 0 Å². The molecule has 1 aromatic heterocycles. The second-order valence-corrected chi connectivity index (χ2v) is 3.25. The van der Waals surface area contributed by atoms with Gasteiger partial charge in [-0.3, -0.25) is 0 Å². The summed E-state index contributed by atoms with van der Waals surface area (Å²) in [4.78, 5) is 7.86. The van der Waals surface area contributed by atoms with E-state index in [-0.39, 0.29) is 12.1 Å². The lowest BCUT2D eigenvalue weighted by Crippen LogP contribution is -2.25. The lowest BCUT2D eigenvalue weighted by Gasteiger charge is -2.17. The number of nitrogens with two attached hydrogens (primary N) is 1. The Morgan fingerprint density at radius 2 is 2.23 bits per heavy atom. The van der Waals surface area contributed by atoms with Crippen LogP contribution in [0, 0.1) is 0 Å². The number of hydrogen-bond donors (Lipinski definition) is 1. The van der Waals surface area contributed by atoms with E-state index in [0.29, 0.717) is 0 Å². The first-order chi connectivity index (χ1) is 6.38. The summed E-state index contributed by atoms with van der Waals surface area (Å²) in [6.45, 7) is 0.825. The maximum atomic E-state index is 6.00. The van der Waals surface area contributed by atoms with Crippen LogP contribution in [0.5, 0.6) is 0 Å². The highest BCUT2D eigenvalue weighted by atomic mass is 16.5. The molecule has 2 atom stereocenters. The Morgan fingerprint density at radius 1 is 1.46 bits per heavy atom. The van der Waals surface area contributed by atoms with E-state index in [1.165, 1.54) is 6.33 Å². The lowest BCUT2D eigenvalue weighted by molar-refractivity contribution is 0.0898. The van der Waals surface area contributed by atoms with Crippen LogP contribution in [0.1, 0.15) is 24.4 Å². The molecule has 4 heteroatoms. The molecule has 1 aliphatic rings. The monoisotopic (exact) mass is 179 g/mol. The molecule has 1 aliphatic heterocycles. The van der Waals surface area contributed by atoms with Gasteiger partial charge in [0, 0.05) is 24.6 Å². The van der Waals surface area contributed by atoms with Crippen LogP contribution in [0.3, 0.4) is 0 Å². The van der Waals surface area contributed by atoms with Crippen molar-refractivity contribution in [2.75, 3.05) is 6.61 Å². The Labute approximate surface area is 77.1 Å². The second kappa shape index (κ2) is 3.81. The van der Waals surface area contributed by atoms with Gasteiger partial charge in [-0.15, -0.1) is 0 Å². The van der Waals surface area contributed by atoms with Gasteiger partial charge in [0.15, 0.2) is 0 Å². The van der Waals surface area contributed by atoms with E-state index in [4.69, 9.17) is 10.5 Å². The molecule has 1 aromatic rings. The molecular weight excluding hydrogens is 166 g/mol. The highest BCUT2D eigenvalue weighted by molar-refractivity contribution is 5.10. The summed E-state index contributed by atoms with van der Waals surface area (Å²) in [6, 6.07) is -0.0799. The number of hydrogen-bond acceptors (Lipinski definition) is 4. The zero-order valence-corrected chi connectivity index (χ0v) is 7.39. The fraction of sp³-hybridized carbons (Fsp3) is 0.556. The van der Waals surface area contributed by atoms with Crippen molar-refractivity contribution in [3.05, 3.63) is 24.3 Å². The molecule has 0 aromatic carbocycles. The largest absolute Gasteiger partial charge is 0.376 e. The van der Waals surface area contributed by atoms with Gasteiger partial charge in [-0.05, 0) is 12.8 Å². The molecule has 13 heavy (non-hydrogen) atoms. The minimum Gasteiger partial charge on any atom is -0.376 e. The van der Waals surface area contributed by atoms with Gasteiger partial charge in [-0.1, -0.05) is 0 Å². The van der Waals surface area contributed by atoms with Gasteiger partial charge in [0.25, 0.3) is 0 Å². The summed E-state index contributed by atoms with van der Waals surface area (Å²) in [6.07, 6.45) is 7.29. The van der Waals surface area contributed by atoms with Crippen molar-refractivity contribution < 1.29 is 4.74 Å². The number of rotatable bonds is 2. The van der Waals surface area contributed by atoms with Crippen LogP contribution in [0.2, 0.25) is 0 Å². The molecule has 4 nitrogen and oxygen atoms in total. The molecule has 70 valence electrons. The molecule has 0 radical (unpaired) electrons. The molecule has 0 spiro atoms. The fourth-order valence-corrected chi connectivity index (χ4v) is 1.58. The van der Waals surface area contributed by atoms with Crippen LogP contribution in [0.4, 0.5) is 0 Å². The molecule has 2 rings (SSSR count). The van der Waals surface area contributed by atoms with E-state index < -0.39 is 0 Å². The van der Waals surface area contributed by atoms with Crippen LogP contribution in [0.25, 0.3) is 0 Å². The first kappa shape index (κ1) is 8.59. The van der Waals surface area contributed by atoms with E-state index in [1.807, 2.05) is 0 Å². The third-order valence-electron chi connectivity index (χ3n) is 2.33. The van der Waals surface area contributed by atoms with Crippen LogP contribution < -0.4 is 5.73 Å². The van der Waals surface area contributed by atoms with Gasteiger partial charge in [0.1, 0.15) is 6.33 Å². The standard InChI is InChI=1S/C9H13N3O/c10-9(8-2-1-3-13-8)7-4-11-6-12-5-7/h4-6,8-9H,1-3,10H2. The summed E-state index contributed by atoms with van der Waals surface area (Å²) in [5, 5.41) is 0. The van der Waals surface area contributed by atoms with Crippen LogP contribution >= 0.6 is 0 Å². The summed E-state index contributed by atoms with van der Waals surface area (Å²) >= 11 is 0. The van der Waals surface area contributed by atoms with Crippen molar-refractivity contribution in [3.63, 3.8) is 0 Å². The van der Waals surface area contributed by atoms with E-state index in [9.17, 15) is 0 Å². The van der Waals surface area contributed by atoms with Gasteiger partial charge >= 0.3 is 0 Å². The minimum absolute atomic E-state index is 0.0799. The predicted octanol–water partition coefficient (Wildman–Crippen LogP) is 0.655. The Morgan fingerprint density at radius 3 is 2.85 bits per heavy atom. The van der Waals surface area contributed by atoms with Crippen molar-refractivity contribution in [3.8, 4) is 0 Å². The molecule has 1 fully saturated rings. The molecule has 2 unspecified atom stereocenters. The van der Waals surface area contributed by atoms with Gasteiger partial charge in [-0.2, -0.15) is 0 Å². The van der Waals surface area contributed by atoms with Crippen molar-refractivity contribution in [1.82, 2.24) is 9.97 Å². The van der Waals surface area contributed by atoms with Gasteiger partial charge in [0.05, 0.1) is 12.1 Å². The van der Waals surface area contributed by atoms with Crippen molar-refractivity contribution >= 4 is 0 Å². The lowest BCUT2D eigenvalue weighted by atomic mass is 10.0. The normalized spacial score (nSPS) is 24.5. The molecule has 0 amide bonds. The highest BCUT2D eigenvalue weighted by Crippen LogP contribution is 2.23. The smallest absolute Gasteiger partial charge is 0.115 e. The number of ether oxygens (including phenoxy) is 1.